The lowest BCUT2D eigenvalue weighted by Gasteiger charge is -2.21. The lowest BCUT2D eigenvalue weighted by molar-refractivity contribution is -0.132. The molecule has 1 saturated heterocycles. The minimum absolute atomic E-state index is 0.0159. The number of hydrogen-bond donors (Lipinski definition) is 2. The first-order valence-corrected chi connectivity index (χ1v) is 8.95. The highest BCUT2D eigenvalue weighted by atomic mass is 16.5. The summed E-state index contributed by atoms with van der Waals surface area (Å²) in [7, 11) is 1.55. The van der Waals surface area contributed by atoms with Gasteiger partial charge in [0, 0.05) is 10.9 Å². The Hall–Kier alpha value is -3.81. The van der Waals surface area contributed by atoms with Crippen molar-refractivity contribution in [3.05, 3.63) is 65.4 Å². The maximum absolute atomic E-state index is 12.9. The highest BCUT2D eigenvalue weighted by Crippen LogP contribution is 2.30. The molecule has 0 unspecified atom stereocenters. The van der Waals surface area contributed by atoms with Crippen molar-refractivity contribution in [3.63, 3.8) is 0 Å². The molecular formula is C21H19N3O5. The molecule has 0 bridgehead atoms. The van der Waals surface area contributed by atoms with E-state index in [0.717, 1.165) is 0 Å². The second-order valence-corrected chi connectivity index (χ2v) is 6.92. The van der Waals surface area contributed by atoms with Crippen LogP contribution in [0.2, 0.25) is 0 Å². The fourth-order valence-corrected chi connectivity index (χ4v) is 3.40. The number of nitrogens with zero attached hydrogens (tertiary/aromatic N) is 1. The first kappa shape index (κ1) is 18.5. The smallest absolute Gasteiger partial charge is 0.344 e. The number of rotatable bonds is 4. The molecule has 2 heterocycles. The molecule has 2 N–H and O–H groups in total. The number of amides is 4. The molecule has 4 amide bonds. The van der Waals surface area contributed by atoms with Gasteiger partial charge in [-0.15, -0.1) is 0 Å². The van der Waals surface area contributed by atoms with Crippen LogP contribution in [0.25, 0.3) is 11.0 Å². The summed E-state index contributed by atoms with van der Waals surface area (Å²) in [5.74, 6) is -0.640. The summed E-state index contributed by atoms with van der Waals surface area (Å²) in [5.41, 5.74) is 2.77. The summed E-state index contributed by atoms with van der Waals surface area (Å²) < 4.78 is 10.8. The molecule has 29 heavy (non-hydrogen) atoms. The Morgan fingerprint density at radius 3 is 2.59 bits per heavy atom. The third-order valence-corrected chi connectivity index (χ3v) is 5.10. The van der Waals surface area contributed by atoms with Crippen LogP contribution in [0.4, 0.5) is 4.79 Å². The highest BCUT2D eigenvalue weighted by molar-refractivity contribution is 6.09. The van der Waals surface area contributed by atoms with E-state index >= 15 is 0 Å². The Bertz CT molecular complexity index is 1140. The maximum Gasteiger partial charge on any atom is 0.344 e. The van der Waals surface area contributed by atoms with Crippen LogP contribution in [0.3, 0.4) is 0 Å². The number of benzene rings is 2. The molecule has 0 aliphatic carbocycles. The molecule has 1 aliphatic heterocycles. The molecular weight excluding hydrogens is 374 g/mol. The van der Waals surface area contributed by atoms with Gasteiger partial charge in [0.05, 0.1) is 7.11 Å². The van der Waals surface area contributed by atoms with E-state index in [1.807, 2.05) is 6.07 Å². The van der Waals surface area contributed by atoms with E-state index in [1.54, 1.807) is 63.4 Å². The van der Waals surface area contributed by atoms with Crippen LogP contribution in [0.5, 0.6) is 5.75 Å². The molecule has 0 saturated carbocycles. The first-order chi connectivity index (χ1) is 13.8. The van der Waals surface area contributed by atoms with E-state index in [4.69, 9.17) is 9.15 Å². The maximum atomic E-state index is 12.9. The van der Waals surface area contributed by atoms with Gasteiger partial charge in [-0.2, -0.15) is 5.01 Å². The summed E-state index contributed by atoms with van der Waals surface area (Å²) in [6, 6.07) is 13.3. The standard InChI is InChI=1S/C21H19N3O5/c1-12-15-11-14(28-3)9-10-16(15)29-17(12)18(25)23-24-19(26)21(2,22-20(24)27)13-7-5-4-6-8-13/h4-11H,1-3H3,(H,22,27)(H,23,25)/t21-/m1/s1. The SMILES string of the molecule is COc1ccc2oc(C(=O)NN3C(=O)N[C@](C)(c4ccccc4)C3=O)c(C)c2c1. The molecule has 8 heteroatoms. The lowest BCUT2D eigenvalue weighted by Crippen LogP contribution is -2.48. The molecule has 1 aliphatic rings. The number of aryl methyl sites for hydroxylation is 1. The number of urea groups is 1. The number of methoxy groups -OCH3 is 1. The highest BCUT2D eigenvalue weighted by Gasteiger charge is 2.50. The van der Waals surface area contributed by atoms with Gasteiger partial charge in [0.25, 0.3) is 5.91 Å². The average molecular weight is 393 g/mol. The Kier molecular flexibility index (Phi) is 4.26. The van der Waals surface area contributed by atoms with Gasteiger partial charge in [-0.05, 0) is 37.6 Å². The number of ether oxygens (including phenoxy) is 1. The normalized spacial score (nSPS) is 18.8. The van der Waals surface area contributed by atoms with E-state index in [9.17, 15) is 14.4 Å². The van der Waals surface area contributed by atoms with Gasteiger partial charge in [0.2, 0.25) is 0 Å². The van der Waals surface area contributed by atoms with Crippen molar-refractivity contribution >= 4 is 28.8 Å². The number of hydrazine groups is 1. The zero-order valence-electron chi connectivity index (χ0n) is 16.1. The quantitative estimate of drug-likeness (QED) is 0.664. The summed E-state index contributed by atoms with van der Waals surface area (Å²) in [6.45, 7) is 3.31. The van der Waals surface area contributed by atoms with Gasteiger partial charge in [-0.1, -0.05) is 30.3 Å². The molecule has 0 spiro atoms. The molecule has 148 valence electrons. The molecule has 1 atom stereocenters. The van der Waals surface area contributed by atoms with E-state index < -0.39 is 23.4 Å². The van der Waals surface area contributed by atoms with Crippen molar-refractivity contribution in [1.82, 2.24) is 15.8 Å². The number of imide groups is 1. The minimum atomic E-state index is -1.28. The number of furan rings is 1. The Morgan fingerprint density at radius 2 is 1.90 bits per heavy atom. The van der Waals surface area contributed by atoms with Gasteiger partial charge in [-0.25, -0.2) is 10.2 Å². The van der Waals surface area contributed by atoms with Crippen molar-refractivity contribution in [2.75, 3.05) is 7.11 Å². The minimum Gasteiger partial charge on any atom is -0.497 e. The third-order valence-electron chi connectivity index (χ3n) is 5.10. The van der Waals surface area contributed by atoms with Crippen molar-refractivity contribution in [1.29, 1.82) is 0 Å². The van der Waals surface area contributed by atoms with E-state index in [1.165, 1.54) is 0 Å². The van der Waals surface area contributed by atoms with Crippen molar-refractivity contribution < 1.29 is 23.5 Å². The van der Waals surface area contributed by atoms with Crippen molar-refractivity contribution in [2.24, 2.45) is 0 Å². The Balaban J connectivity index is 1.62. The zero-order valence-corrected chi connectivity index (χ0v) is 16.1. The Morgan fingerprint density at radius 1 is 1.17 bits per heavy atom. The molecule has 2 aromatic carbocycles. The van der Waals surface area contributed by atoms with Crippen LogP contribution in [-0.2, 0) is 10.3 Å². The van der Waals surface area contributed by atoms with Gasteiger partial charge < -0.3 is 14.5 Å². The molecule has 0 radical (unpaired) electrons. The molecule has 3 aromatic rings. The van der Waals surface area contributed by atoms with Gasteiger partial charge in [0.1, 0.15) is 16.9 Å². The lowest BCUT2D eigenvalue weighted by atomic mass is 9.92. The number of fused-ring (bicyclic) bond motifs is 1. The number of nitrogens with one attached hydrogen (secondary N) is 2. The van der Waals surface area contributed by atoms with E-state index in [-0.39, 0.29) is 5.76 Å². The second-order valence-electron chi connectivity index (χ2n) is 6.92. The Labute approximate surface area is 166 Å². The molecule has 1 fully saturated rings. The number of carbonyl (C=O) groups is 3. The monoisotopic (exact) mass is 393 g/mol. The summed E-state index contributed by atoms with van der Waals surface area (Å²) >= 11 is 0. The summed E-state index contributed by atoms with van der Waals surface area (Å²) in [4.78, 5) is 38.1. The first-order valence-electron chi connectivity index (χ1n) is 8.95. The van der Waals surface area contributed by atoms with Crippen LogP contribution in [-0.4, -0.2) is 30.0 Å². The van der Waals surface area contributed by atoms with Gasteiger partial charge in [-0.3, -0.25) is 9.59 Å². The van der Waals surface area contributed by atoms with Crippen LogP contribution in [0.15, 0.2) is 52.9 Å². The number of carbonyl (C=O) groups excluding carboxylic acids is 3. The van der Waals surface area contributed by atoms with Crippen molar-refractivity contribution in [2.45, 2.75) is 19.4 Å². The van der Waals surface area contributed by atoms with Crippen LogP contribution in [0, 0.1) is 6.92 Å². The summed E-state index contributed by atoms with van der Waals surface area (Å²) in [6.07, 6.45) is 0. The van der Waals surface area contributed by atoms with E-state index in [2.05, 4.69) is 10.7 Å². The third kappa shape index (κ3) is 2.89. The molecule has 8 nitrogen and oxygen atoms in total. The largest absolute Gasteiger partial charge is 0.497 e. The topological polar surface area (TPSA) is 101 Å². The number of hydrogen-bond acceptors (Lipinski definition) is 5. The average Bonchev–Trinajstić information content (AvgIpc) is 3.17. The predicted molar refractivity (Wildman–Crippen MR) is 104 cm³/mol. The second kappa shape index (κ2) is 6.66. The van der Waals surface area contributed by atoms with Crippen LogP contribution < -0.4 is 15.5 Å². The molecule has 1 aromatic heterocycles. The van der Waals surface area contributed by atoms with Crippen LogP contribution in [0.1, 0.15) is 28.6 Å². The van der Waals surface area contributed by atoms with E-state index in [0.29, 0.717) is 32.9 Å². The zero-order chi connectivity index (χ0) is 20.8. The van der Waals surface area contributed by atoms with Gasteiger partial charge >= 0.3 is 11.9 Å². The van der Waals surface area contributed by atoms with Gasteiger partial charge in [0.15, 0.2) is 5.76 Å². The molecule has 4 rings (SSSR count). The summed E-state index contributed by atoms with van der Waals surface area (Å²) in [5, 5.41) is 4.03. The van der Waals surface area contributed by atoms with Crippen LogP contribution >= 0.6 is 0 Å². The van der Waals surface area contributed by atoms with Crippen molar-refractivity contribution in [3.8, 4) is 5.75 Å². The fourth-order valence-electron chi connectivity index (χ4n) is 3.40. The predicted octanol–water partition coefficient (Wildman–Crippen LogP) is 2.86. The fraction of sp³-hybridized carbons (Fsp3) is 0.190.